The number of halogens is 1. The van der Waals surface area contributed by atoms with Crippen molar-refractivity contribution in [3.05, 3.63) is 40.2 Å². The number of aromatic nitrogens is 2. The maximum atomic E-state index is 11.3. The fourth-order valence-electron chi connectivity index (χ4n) is 1.46. The third-order valence-corrected chi connectivity index (χ3v) is 3.03. The molecule has 0 saturated carbocycles. The van der Waals surface area contributed by atoms with Gasteiger partial charge in [-0.15, -0.1) is 0 Å². The second kappa shape index (κ2) is 7.21. The van der Waals surface area contributed by atoms with Gasteiger partial charge in [0.1, 0.15) is 11.5 Å². The summed E-state index contributed by atoms with van der Waals surface area (Å²) in [5.41, 5.74) is 0. The van der Waals surface area contributed by atoms with Crippen molar-refractivity contribution in [1.29, 1.82) is 0 Å². The van der Waals surface area contributed by atoms with E-state index in [0.717, 1.165) is 3.57 Å². The van der Waals surface area contributed by atoms with E-state index in [4.69, 9.17) is 9.47 Å². The van der Waals surface area contributed by atoms with Gasteiger partial charge in [0, 0.05) is 16.0 Å². The van der Waals surface area contributed by atoms with E-state index >= 15 is 0 Å². The highest BCUT2D eigenvalue weighted by Gasteiger charge is 2.14. The van der Waals surface area contributed by atoms with E-state index in [1.165, 1.54) is 7.11 Å². The molecular formula is C14H13IN2O4. The summed E-state index contributed by atoms with van der Waals surface area (Å²) in [5.74, 6) is 0.695. The highest BCUT2D eigenvalue weighted by atomic mass is 127. The second-order valence-electron chi connectivity index (χ2n) is 4.04. The number of methoxy groups -OCH3 is 1. The molecule has 2 rings (SSSR count). The summed E-state index contributed by atoms with van der Waals surface area (Å²) in [4.78, 5) is 19.4. The van der Waals surface area contributed by atoms with Crippen LogP contribution in [0, 0.1) is 3.57 Å². The number of carbonyl (C=O) groups excluding carboxylic acids is 1. The number of ether oxygens (including phenoxy) is 3. The molecule has 0 fully saturated rings. The number of hydrogen-bond donors (Lipinski definition) is 0. The predicted molar refractivity (Wildman–Crippen MR) is 83.4 cm³/mol. The lowest BCUT2D eigenvalue weighted by atomic mass is 10.3. The van der Waals surface area contributed by atoms with E-state index in [1.807, 2.05) is 0 Å². The highest BCUT2D eigenvalue weighted by molar-refractivity contribution is 14.1. The fraction of sp³-hybridized carbons (Fsp3) is 0.214. The van der Waals surface area contributed by atoms with Gasteiger partial charge in [0.05, 0.1) is 7.11 Å². The van der Waals surface area contributed by atoms with Gasteiger partial charge in [-0.1, -0.05) is 0 Å². The van der Waals surface area contributed by atoms with Crippen molar-refractivity contribution < 1.29 is 19.0 Å². The van der Waals surface area contributed by atoms with Crippen molar-refractivity contribution in [2.24, 2.45) is 0 Å². The molecule has 0 saturated heterocycles. The van der Waals surface area contributed by atoms with Crippen LogP contribution in [0.5, 0.6) is 17.5 Å². The van der Waals surface area contributed by atoms with Crippen LogP contribution >= 0.6 is 22.6 Å². The molecule has 6 nitrogen and oxygen atoms in total. The van der Waals surface area contributed by atoms with Gasteiger partial charge in [0.25, 0.3) is 0 Å². The Kier molecular flexibility index (Phi) is 5.32. The van der Waals surface area contributed by atoms with E-state index in [1.54, 1.807) is 43.6 Å². The second-order valence-corrected chi connectivity index (χ2v) is 5.29. The van der Waals surface area contributed by atoms with Gasteiger partial charge in [-0.2, -0.15) is 0 Å². The van der Waals surface area contributed by atoms with E-state index in [-0.39, 0.29) is 6.01 Å². The zero-order valence-corrected chi connectivity index (χ0v) is 13.6. The summed E-state index contributed by atoms with van der Waals surface area (Å²) in [7, 11) is 1.32. The normalized spacial score (nSPS) is 11.6. The Morgan fingerprint density at radius 3 is 2.29 bits per heavy atom. The Hall–Kier alpha value is -1.90. The molecule has 1 aromatic carbocycles. The van der Waals surface area contributed by atoms with Crippen molar-refractivity contribution in [2.45, 2.75) is 13.0 Å². The Morgan fingerprint density at radius 2 is 1.71 bits per heavy atom. The van der Waals surface area contributed by atoms with Crippen molar-refractivity contribution in [1.82, 2.24) is 9.97 Å². The van der Waals surface area contributed by atoms with Crippen LogP contribution in [-0.2, 0) is 9.53 Å². The van der Waals surface area contributed by atoms with Crippen molar-refractivity contribution >= 4 is 28.6 Å². The smallest absolute Gasteiger partial charge is 0.346 e. The summed E-state index contributed by atoms with van der Waals surface area (Å²) in [6.07, 6.45) is 2.66. The molecule has 1 unspecified atom stereocenters. The minimum Gasteiger partial charge on any atom is -0.479 e. The first-order chi connectivity index (χ1) is 10.1. The molecule has 2 aromatic rings. The van der Waals surface area contributed by atoms with Crippen LogP contribution in [-0.4, -0.2) is 29.2 Å². The zero-order valence-electron chi connectivity index (χ0n) is 11.4. The summed E-state index contributed by atoms with van der Waals surface area (Å²) in [5, 5.41) is 0. The average molecular weight is 400 g/mol. The maximum absolute atomic E-state index is 11.3. The van der Waals surface area contributed by atoms with E-state index in [2.05, 4.69) is 37.3 Å². The molecular weight excluding hydrogens is 387 g/mol. The molecule has 1 atom stereocenters. The summed E-state index contributed by atoms with van der Waals surface area (Å²) in [6, 6.07) is 7.08. The van der Waals surface area contributed by atoms with Gasteiger partial charge in [-0.3, -0.25) is 0 Å². The molecule has 110 valence electrons. The van der Waals surface area contributed by atoms with Crippen LogP contribution in [0.25, 0.3) is 0 Å². The van der Waals surface area contributed by atoms with Crippen molar-refractivity contribution in [2.75, 3.05) is 7.11 Å². The van der Waals surface area contributed by atoms with Gasteiger partial charge in [-0.25, -0.2) is 14.8 Å². The van der Waals surface area contributed by atoms with Gasteiger partial charge in [0.2, 0.25) is 0 Å². The first-order valence-electron chi connectivity index (χ1n) is 6.08. The molecule has 0 aliphatic rings. The van der Waals surface area contributed by atoms with E-state index in [9.17, 15) is 4.79 Å². The van der Waals surface area contributed by atoms with Crippen LogP contribution < -0.4 is 9.47 Å². The molecule has 0 amide bonds. The molecule has 0 aliphatic heterocycles. The summed E-state index contributed by atoms with van der Waals surface area (Å²) >= 11 is 2.12. The minimum atomic E-state index is -0.665. The first kappa shape index (κ1) is 15.5. The van der Waals surface area contributed by atoms with Crippen molar-refractivity contribution in [3.63, 3.8) is 0 Å². The molecule has 1 heterocycles. The third-order valence-electron chi connectivity index (χ3n) is 2.48. The number of carbonyl (C=O) groups is 1. The van der Waals surface area contributed by atoms with Crippen LogP contribution in [0.3, 0.4) is 0 Å². The molecule has 21 heavy (non-hydrogen) atoms. The van der Waals surface area contributed by atoms with Crippen LogP contribution in [0.4, 0.5) is 0 Å². The summed E-state index contributed by atoms with van der Waals surface area (Å²) in [6.45, 7) is 1.62. The molecule has 0 spiro atoms. The Balaban J connectivity index is 1.98. The van der Waals surface area contributed by atoms with E-state index < -0.39 is 12.1 Å². The lowest BCUT2D eigenvalue weighted by molar-refractivity contribution is -0.147. The monoisotopic (exact) mass is 400 g/mol. The Bertz CT molecular complexity index is 601. The Labute approximate surface area is 135 Å². The van der Waals surface area contributed by atoms with Crippen LogP contribution in [0.2, 0.25) is 0 Å². The number of nitrogens with zero attached hydrogens (tertiary/aromatic N) is 2. The Morgan fingerprint density at radius 1 is 1.14 bits per heavy atom. The van der Waals surface area contributed by atoms with Gasteiger partial charge >= 0.3 is 12.0 Å². The number of esters is 1. The third kappa shape index (κ3) is 4.55. The number of hydrogen-bond acceptors (Lipinski definition) is 6. The lowest BCUT2D eigenvalue weighted by Gasteiger charge is -2.12. The van der Waals surface area contributed by atoms with Crippen LogP contribution in [0.15, 0.2) is 36.7 Å². The highest BCUT2D eigenvalue weighted by Crippen LogP contribution is 2.22. The molecule has 0 bridgehead atoms. The topological polar surface area (TPSA) is 70.5 Å². The van der Waals surface area contributed by atoms with Gasteiger partial charge < -0.3 is 14.2 Å². The maximum Gasteiger partial charge on any atom is 0.346 e. The fourth-order valence-corrected chi connectivity index (χ4v) is 1.74. The minimum absolute atomic E-state index is 0.270. The molecule has 0 aliphatic carbocycles. The number of benzene rings is 1. The molecule has 0 radical (unpaired) electrons. The van der Waals surface area contributed by atoms with E-state index in [0.29, 0.717) is 11.5 Å². The number of rotatable bonds is 5. The first-order valence-corrected chi connectivity index (χ1v) is 7.16. The van der Waals surface area contributed by atoms with Gasteiger partial charge in [-0.05, 0) is 53.8 Å². The molecule has 1 aromatic heterocycles. The predicted octanol–water partition coefficient (Wildman–Crippen LogP) is 2.81. The largest absolute Gasteiger partial charge is 0.479 e. The standard InChI is InChI=1S/C14H13IN2O4/c1-9(13(18)19-2)20-11-3-5-12(6-4-11)21-14-16-7-10(15)8-17-14/h3-9H,1-2H3. The molecule has 7 heteroatoms. The quantitative estimate of drug-likeness (QED) is 0.568. The van der Waals surface area contributed by atoms with Gasteiger partial charge in [0.15, 0.2) is 6.10 Å². The lowest BCUT2D eigenvalue weighted by Crippen LogP contribution is -2.24. The van der Waals surface area contributed by atoms with Crippen LogP contribution in [0.1, 0.15) is 6.92 Å². The summed E-state index contributed by atoms with van der Waals surface area (Å²) < 4.78 is 16.4. The molecule has 0 N–H and O–H groups in total. The zero-order chi connectivity index (χ0) is 15.2. The average Bonchev–Trinajstić information content (AvgIpc) is 2.50. The SMILES string of the molecule is COC(=O)C(C)Oc1ccc(Oc2ncc(I)cn2)cc1. The van der Waals surface area contributed by atoms with Crippen molar-refractivity contribution in [3.8, 4) is 17.5 Å².